The summed E-state index contributed by atoms with van der Waals surface area (Å²) in [5.74, 6) is 0.805. The van der Waals surface area contributed by atoms with E-state index in [1.807, 2.05) is 0 Å². The second-order valence-electron chi connectivity index (χ2n) is 3.72. The molecule has 0 radical (unpaired) electrons. The van der Waals surface area contributed by atoms with Crippen LogP contribution in [-0.2, 0) is 0 Å². The van der Waals surface area contributed by atoms with Gasteiger partial charge in [-0.3, -0.25) is 4.79 Å². The number of nitrogens with one attached hydrogen (secondary N) is 1. The summed E-state index contributed by atoms with van der Waals surface area (Å²) in [6.45, 7) is 1.72. The van der Waals surface area contributed by atoms with Crippen molar-refractivity contribution in [3.05, 3.63) is 30.0 Å². The van der Waals surface area contributed by atoms with Crippen LogP contribution in [0, 0.1) is 6.92 Å². The predicted molar refractivity (Wildman–Crippen MR) is 69.9 cm³/mol. The van der Waals surface area contributed by atoms with Crippen LogP contribution in [0.25, 0.3) is 0 Å². The van der Waals surface area contributed by atoms with Gasteiger partial charge in [0.2, 0.25) is 17.6 Å². The Bertz CT molecular complexity index is 610. The van der Waals surface area contributed by atoms with Crippen molar-refractivity contribution in [2.45, 2.75) is 6.92 Å². The van der Waals surface area contributed by atoms with Gasteiger partial charge in [-0.15, -0.1) is 0 Å². The van der Waals surface area contributed by atoms with Crippen molar-refractivity contribution in [2.75, 3.05) is 19.5 Å². The van der Waals surface area contributed by atoms with Crippen molar-refractivity contribution in [1.29, 1.82) is 0 Å². The molecular formula is C12H13N5O3. The Morgan fingerprint density at radius 1 is 1.15 bits per heavy atom. The number of carbonyl (C=O) groups excluding carboxylic acids is 1. The zero-order valence-corrected chi connectivity index (χ0v) is 11.2. The molecular weight excluding hydrogens is 262 g/mol. The minimum absolute atomic E-state index is 0.0718. The maximum absolute atomic E-state index is 12.1. The number of anilines is 1. The van der Waals surface area contributed by atoms with E-state index in [-0.39, 0.29) is 17.6 Å². The second-order valence-corrected chi connectivity index (χ2v) is 3.72. The summed E-state index contributed by atoms with van der Waals surface area (Å²) in [7, 11) is 2.88. The van der Waals surface area contributed by atoms with Crippen LogP contribution in [0.15, 0.2) is 18.3 Å². The molecule has 2 aromatic heterocycles. The summed E-state index contributed by atoms with van der Waals surface area (Å²) in [6.07, 6.45) is 1.55. The summed E-state index contributed by atoms with van der Waals surface area (Å²) < 4.78 is 9.96. The first-order valence-corrected chi connectivity index (χ1v) is 5.70. The average molecular weight is 275 g/mol. The molecule has 1 amide bonds. The molecule has 0 atom stereocenters. The van der Waals surface area contributed by atoms with Crippen molar-refractivity contribution in [3.63, 3.8) is 0 Å². The Morgan fingerprint density at radius 2 is 1.80 bits per heavy atom. The molecule has 0 saturated heterocycles. The van der Waals surface area contributed by atoms with Crippen molar-refractivity contribution < 1.29 is 14.3 Å². The molecule has 2 aromatic rings. The highest BCUT2D eigenvalue weighted by molar-refractivity contribution is 6.01. The molecule has 0 aliphatic carbocycles. The molecule has 0 unspecified atom stereocenters. The predicted octanol–water partition coefficient (Wildman–Crippen LogP) is 0.845. The number of aryl methyl sites for hydroxylation is 1. The molecule has 0 spiro atoms. The summed E-state index contributed by atoms with van der Waals surface area (Å²) in [5, 5.41) is 2.58. The Hall–Kier alpha value is -2.77. The fraction of sp³-hybridized carbons (Fsp3) is 0.250. The third kappa shape index (κ3) is 3.16. The van der Waals surface area contributed by atoms with Crippen LogP contribution in [-0.4, -0.2) is 40.1 Å². The molecule has 1 N–H and O–H groups in total. The van der Waals surface area contributed by atoms with Crippen LogP contribution in [0.3, 0.4) is 0 Å². The van der Waals surface area contributed by atoms with E-state index in [9.17, 15) is 4.79 Å². The quantitative estimate of drug-likeness (QED) is 0.882. The molecule has 0 aliphatic heterocycles. The number of rotatable bonds is 4. The van der Waals surface area contributed by atoms with E-state index in [4.69, 9.17) is 9.47 Å². The van der Waals surface area contributed by atoms with Crippen molar-refractivity contribution >= 4 is 11.7 Å². The summed E-state index contributed by atoms with van der Waals surface area (Å²) >= 11 is 0. The monoisotopic (exact) mass is 275 g/mol. The van der Waals surface area contributed by atoms with Gasteiger partial charge in [0.15, 0.2) is 0 Å². The number of methoxy groups -OCH3 is 2. The van der Waals surface area contributed by atoms with Crippen LogP contribution in [0.5, 0.6) is 11.8 Å². The van der Waals surface area contributed by atoms with Gasteiger partial charge in [0.05, 0.1) is 20.3 Å². The lowest BCUT2D eigenvalue weighted by Crippen LogP contribution is -2.17. The first-order chi connectivity index (χ1) is 9.62. The Kier molecular flexibility index (Phi) is 4.04. The van der Waals surface area contributed by atoms with Gasteiger partial charge in [0, 0.05) is 6.20 Å². The molecule has 104 valence electrons. The summed E-state index contributed by atoms with van der Waals surface area (Å²) in [4.78, 5) is 28.0. The number of carbonyl (C=O) groups is 1. The van der Waals surface area contributed by atoms with Gasteiger partial charge in [-0.25, -0.2) is 9.97 Å². The zero-order chi connectivity index (χ0) is 14.5. The number of aromatic nitrogens is 4. The molecule has 2 rings (SSSR count). The number of hydrogen-bond donors (Lipinski definition) is 1. The summed E-state index contributed by atoms with van der Waals surface area (Å²) in [6, 6.07) is 3.05. The minimum atomic E-state index is -0.514. The average Bonchev–Trinajstić information content (AvgIpc) is 2.46. The van der Waals surface area contributed by atoms with Crippen molar-refractivity contribution in [1.82, 2.24) is 19.9 Å². The standard InChI is InChI=1S/C12H13N5O3/c1-7-13-5-4-8(14-7)15-12(18)11-16-9(19-2)6-10(17-11)20-3/h4-6H,1-3H3,(H,13,14,15,18). The molecule has 0 aliphatic rings. The normalized spacial score (nSPS) is 9.95. The highest BCUT2D eigenvalue weighted by Gasteiger charge is 2.14. The molecule has 8 nitrogen and oxygen atoms in total. The van der Waals surface area contributed by atoms with Crippen molar-refractivity contribution in [3.8, 4) is 11.8 Å². The van der Waals surface area contributed by atoms with Crippen LogP contribution in [0.1, 0.15) is 16.4 Å². The first kappa shape index (κ1) is 13.7. The van der Waals surface area contributed by atoms with Gasteiger partial charge >= 0.3 is 0 Å². The lowest BCUT2D eigenvalue weighted by molar-refractivity contribution is 0.101. The van der Waals surface area contributed by atoms with Crippen LogP contribution < -0.4 is 14.8 Å². The van der Waals surface area contributed by atoms with E-state index in [2.05, 4.69) is 25.3 Å². The van der Waals surface area contributed by atoms with Gasteiger partial charge in [-0.05, 0) is 13.0 Å². The van der Waals surface area contributed by atoms with E-state index >= 15 is 0 Å². The third-order valence-corrected chi connectivity index (χ3v) is 2.32. The highest BCUT2D eigenvalue weighted by atomic mass is 16.5. The van der Waals surface area contributed by atoms with Crippen LogP contribution in [0.4, 0.5) is 5.82 Å². The SMILES string of the molecule is COc1cc(OC)nc(C(=O)Nc2ccnc(C)n2)n1. The number of hydrogen-bond acceptors (Lipinski definition) is 7. The van der Waals surface area contributed by atoms with Crippen molar-refractivity contribution in [2.24, 2.45) is 0 Å². The molecule has 0 bridgehead atoms. The maximum atomic E-state index is 12.1. The maximum Gasteiger partial charge on any atom is 0.294 e. The third-order valence-electron chi connectivity index (χ3n) is 2.32. The van der Waals surface area contributed by atoms with Gasteiger partial charge in [0.25, 0.3) is 5.91 Å². The Labute approximate surface area is 115 Å². The van der Waals surface area contributed by atoms with Gasteiger partial charge in [-0.1, -0.05) is 0 Å². The second kappa shape index (κ2) is 5.91. The Balaban J connectivity index is 2.24. The molecule has 0 saturated carbocycles. The van der Waals surface area contributed by atoms with Gasteiger partial charge < -0.3 is 14.8 Å². The zero-order valence-electron chi connectivity index (χ0n) is 11.2. The molecule has 20 heavy (non-hydrogen) atoms. The molecule has 8 heteroatoms. The van der Waals surface area contributed by atoms with E-state index < -0.39 is 5.91 Å². The van der Waals surface area contributed by atoms with Gasteiger partial charge in [0.1, 0.15) is 11.6 Å². The van der Waals surface area contributed by atoms with Gasteiger partial charge in [-0.2, -0.15) is 9.97 Å². The topological polar surface area (TPSA) is 99.1 Å². The highest BCUT2D eigenvalue weighted by Crippen LogP contribution is 2.15. The number of nitrogens with zero attached hydrogens (tertiary/aromatic N) is 4. The minimum Gasteiger partial charge on any atom is -0.481 e. The van der Waals surface area contributed by atoms with Crippen LogP contribution >= 0.6 is 0 Å². The number of amides is 1. The van der Waals surface area contributed by atoms with Crippen LogP contribution in [0.2, 0.25) is 0 Å². The lowest BCUT2D eigenvalue weighted by atomic mass is 10.4. The fourth-order valence-electron chi connectivity index (χ4n) is 1.41. The smallest absolute Gasteiger partial charge is 0.294 e. The molecule has 0 fully saturated rings. The first-order valence-electron chi connectivity index (χ1n) is 5.70. The largest absolute Gasteiger partial charge is 0.481 e. The fourth-order valence-corrected chi connectivity index (χ4v) is 1.41. The number of ether oxygens (including phenoxy) is 2. The molecule has 2 heterocycles. The van der Waals surface area contributed by atoms with E-state index in [1.165, 1.54) is 20.3 Å². The summed E-state index contributed by atoms with van der Waals surface area (Å²) in [5.41, 5.74) is 0. The van der Waals surface area contributed by atoms with E-state index in [1.54, 1.807) is 19.2 Å². The Morgan fingerprint density at radius 3 is 2.35 bits per heavy atom. The van der Waals surface area contributed by atoms with E-state index in [0.29, 0.717) is 11.6 Å². The molecule has 0 aromatic carbocycles. The lowest BCUT2D eigenvalue weighted by Gasteiger charge is -2.07. The van der Waals surface area contributed by atoms with E-state index in [0.717, 1.165) is 0 Å².